The van der Waals surface area contributed by atoms with E-state index < -0.39 is 49.1 Å². The van der Waals surface area contributed by atoms with Gasteiger partial charge in [-0.3, -0.25) is 9.69 Å². The van der Waals surface area contributed by atoms with Crippen molar-refractivity contribution in [3.63, 3.8) is 0 Å². The number of ether oxygens (including phenoxy) is 2. The average molecular weight is 684 g/mol. The maximum absolute atomic E-state index is 15.0. The largest absolute Gasteiger partial charge is 0.573 e. The molecule has 1 saturated heterocycles. The molecule has 1 aliphatic heterocycles. The lowest BCUT2D eigenvalue weighted by molar-refractivity contribution is -0.274. The van der Waals surface area contributed by atoms with Crippen LogP contribution in [-0.2, 0) is 4.79 Å². The molecule has 0 radical (unpaired) electrons. The number of halogens is 7. The van der Waals surface area contributed by atoms with Gasteiger partial charge in [-0.05, 0) is 55.0 Å². The second kappa shape index (κ2) is 13.3. The van der Waals surface area contributed by atoms with E-state index in [1.54, 1.807) is 13.0 Å². The van der Waals surface area contributed by atoms with Crippen LogP contribution in [0.3, 0.4) is 0 Å². The first kappa shape index (κ1) is 33.2. The zero-order valence-corrected chi connectivity index (χ0v) is 24.6. The minimum Gasteiger partial charge on any atom is -0.491 e. The van der Waals surface area contributed by atoms with E-state index in [2.05, 4.69) is 30.1 Å². The van der Waals surface area contributed by atoms with Crippen molar-refractivity contribution >= 4 is 40.2 Å². The Kier molecular flexibility index (Phi) is 9.36. The van der Waals surface area contributed by atoms with Crippen molar-refractivity contribution in [3.05, 3.63) is 72.4 Å². The van der Waals surface area contributed by atoms with Gasteiger partial charge in [0, 0.05) is 5.56 Å². The van der Waals surface area contributed by atoms with Gasteiger partial charge in [-0.1, -0.05) is 17.8 Å². The number of carbonyl (C=O) groups excluding carboxylic acids is 2. The Bertz CT molecular complexity index is 1830. The first-order chi connectivity index (χ1) is 22.1. The number of anilines is 2. The van der Waals surface area contributed by atoms with Crippen molar-refractivity contribution in [1.82, 2.24) is 19.7 Å². The summed E-state index contributed by atoms with van der Waals surface area (Å²) >= 11 is 0.898. The number of amides is 3. The SMILES string of the molecule is Cc1ccc(OCCC(F)(F)F)c(N2C(=O)CS/C2=N\C(=O)Nc2ccc(-c3ncn(-c4ccc(OC(F)(F)F)cn4)n3)cc2F)c1. The van der Waals surface area contributed by atoms with Crippen LogP contribution in [0, 0.1) is 12.7 Å². The highest BCUT2D eigenvalue weighted by Gasteiger charge is 2.34. The van der Waals surface area contributed by atoms with Crippen molar-refractivity contribution in [2.45, 2.75) is 25.9 Å². The number of urea groups is 1. The zero-order chi connectivity index (χ0) is 33.9. The Morgan fingerprint density at radius 1 is 1.06 bits per heavy atom. The Morgan fingerprint density at radius 3 is 2.53 bits per heavy atom. The number of hydrogen-bond donors (Lipinski definition) is 1. The molecule has 3 amide bonds. The predicted molar refractivity (Wildman–Crippen MR) is 155 cm³/mol. The number of rotatable bonds is 8. The fourth-order valence-electron chi connectivity index (χ4n) is 4.08. The monoisotopic (exact) mass is 683 g/mol. The molecule has 2 aromatic carbocycles. The second-order valence-electron chi connectivity index (χ2n) is 9.63. The van der Waals surface area contributed by atoms with Crippen LogP contribution in [0.2, 0.25) is 0 Å². The lowest BCUT2D eigenvalue weighted by Crippen LogP contribution is -2.31. The van der Waals surface area contributed by atoms with Gasteiger partial charge in [0.2, 0.25) is 5.91 Å². The molecule has 5 rings (SSSR count). The van der Waals surface area contributed by atoms with E-state index in [4.69, 9.17) is 4.74 Å². The standard InChI is InChI=1S/C28H20F7N7O4S/c1-15-2-6-21(45-9-8-27(30,31)32)20(10-15)42-23(43)13-47-26(42)39-25(44)38-19-5-3-16(11-18(19)29)24-37-14-41(40-24)22-7-4-17(12-36-22)46-28(33,34)35/h2-7,10-12,14H,8-9,13H2,1H3,(H,38,44)/b39-26-. The van der Waals surface area contributed by atoms with Gasteiger partial charge in [0.15, 0.2) is 16.8 Å². The van der Waals surface area contributed by atoms with E-state index in [-0.39, 0.29) is 45.3 Å². The topological polar surface area (TPSA) is 124 Å². The maximum atomic E-state index is 15.0. The third kappa shape index (κ3) is 8.54. The van der Waals surface area contributed by atoms with E-state index in [0.717, 1.165) is 39.7 Å². The van der Waals surface area contributed by atoms with E-state index >= 15 is 4.39 Å². The summed E-state index contributed by atoms with van der Waals surface area (Å²) in [6.07, 6.45) is -8.50. The van der Waals surface area contributed by atoms with Gasteiger partial charge in [0.05, 0.1) is 36.4 Å². The first-order valence-corrected chi connectivity index (χ1v) is 14.2. The number of aromatic nitrogens is 4. The van der Waals surface area contributed by atoms with Crippen LogP contribution in [0.1, 0.15) is 12.0 Å². The third-order valence-corrected chi connectivity index (χ3v) is 7.03. The predicted octanol–water partition coefficient (Wildman–Crippen LogP) is 6.67. The quantitative estimate of drug-likeness (QED) is 0.204. The summed E-state index contributed by atoms with van der Waals surface area (Å²) in [4.78, 5) is 38.3. The fraction of sp³-hybridized carbons (Fsp3) is 0.214. The molecule has 0 spiro atoms. The molecule has 0 atom stereocenters. The van der Waals surface area contributed by atoms with Crippen LogP contribution in [-0.4, -0.2) is 61.8 Å². The van der Waals surface area contributed by atoms with Crippen LogP contribution >= 0.6 is 11.8 Å². The number of benzene rings is 2. The van der Waals surface area contributed by atoms with Crippen molar-refractivity contribution in [1.29, 1.82) is 0 Å². The number of amidine groups is 1. The molecular formula is C28H20F7N7O4S. The molecule has 47 heavy (non-hydrogen) atoms. The van der Waals surface area contributed by atoms with Gasteiger partial charge in [-0.25, -0.2) is 23.8 Å². The highest BCUT2D eigenvalue weighted by molar-refractivity contribution is 8.15. The number of nitrogens with one attached hydrogen (secondary N) is 1. The van der Waals surface area contributed by atoms with Crippen LogP contribution < -0.4 is 19.7 Å². The molecule has 19 heteroatoms. The molecule has 1 aliphatic rings. The smallest absolute Gasteiger partial charge is 0.491 e. The number of pyridine rings is 1. The Balaban J connectivity index is 1.29. The van der Waals surface area contributed by atoms with E-state index in [1.807, 2.05) is 0 Å². The zero-order valence-electron chi connectivity index (χ0n) is 23.8. The minimum absolute atomic E-state index is 0.0234. The van der Waals surface area contributed by atoms with Crippen LogP contribution in [0.5, 0.6) is 11.5 Å². The number of aryl methyl sites for hydroxylation is 1. The molecule has 1 fully saturated rings. The number of hydrogen-bond acceptors (Lipinski definition) is 8. The van der Waals surface area contributed by atoms with E-state index in [9.17, 15) is 35.9 Å². The molecule has 2 aromatic heterocycles. The molecule has 0 unspecified atom stereocenters. The molecular weight excluding hydrogens is 663 g/mol. The number of alkyl halides is 6. The van der Waals surface area contributed by atoms with Crippen LogP contribution in [0.25, 0.3) is 17.2 Å². The molecule has 0 bridgehead atoms. The molecule has 0 aliphatic carbocycles. The molecule has 246 valence electrons. The van der Waals surface area contributed by atoms with Gasteiger partial charge in [0.25, 0.3) is 0 Å². The molecule has 3 heterocycles. The Morgan fingerprint density at radius 2 is 1.85 bits per heavy atom. The number of carbonyl (C=O) groups is 2. The molecule has 4 aromatic rings. The summed E-state index contributed by atoms with van der Waals surface area (Å²) in [5.74, 6) is -1.95. The highest BCUT2D eigenvalue weighted by Crippen LogP contribution is 2.36. The minimum atomic E-state index is -4.88. The average Bonchev–Trinajstić information content (AvgIpc) is 3.61. The first-order valence-electron chi connectivity index (χ1n) is 13.2. The summed E-state index contributed by atoms with van der Waals surface area (Å²) in [5.41, 5.74) is 0.653. The lowest BCUT2D eigenvalue weighted by atomic mass is 10.2. The van der Waals surface area contributed by atoms with Crippen LogP contribution in [0.15, 0.2) is 66.0 Å². The Hall–Kier alpha value is -5.20. The molecule has 11 nitrogen and oxygen atoms in total. The fourth-order valence-corrected chi connectivity index (χ4v) is 4.93. The number of nitrogens with zero attached hydrogens (tertiary/aromatic N) is 6. The molecule has 0 saturated carbocycles. The van der Waals surface area contributed by atoms with Crippen LogP contribution in [0.4, 0.5) is 46.9 Å². The highest BCUT2D eigenvalue weighted by atomic mass is 32.2. The second-order valence-corrected chi connectivity index (χ2v) is 10.6. The van der Waals surface area contributed by atoms with Crippen molar-refractivity contribution < 1.29 is 49.8 Å². The maximum Gasteiger partial charge on any atom is 0.573 e. The van der Waals surface area contributed by atoms with Gasteiger partial charge >= 0.3 is 18.6 Å². The van der Waals surface area contributed by atoms with E-state index in [1.165, 1.54) is 36.7 Å². The summed E-state index contributed by atoms with van der Waals surface area (Å²) in [6, 6.07) is 9.30. The number of thioether (sulfide) groups is 1. The number of aliphatic imine (C=N–C) groups is 1. The van der Waals surface area contributed by atoms with E-state index in [0.29, 0.717) is 5.56 Å². The van der Waals surface area contributed by atoms with Gasteiger partial charge in [-0.2, -0.15) is 18.2 Å². The summed E-state index contributed by atoms with van der Waals surface area (Å²) < 4.78 is 100. The summed E-state index contributed by atoms with van der Waals surface area (Å²) in [7, 11) is 0. The Labute approximate surface area is 264 Å². The lowest BCUT2D eigenvalue weighted by Gasteiger charge is -2.20. The van der Waals surface area contributed by atoms with Crippen molar-refractivity contribution in [2.75, 3.05) is 22.6 Å². The molecule has 1 N–H and O–H groups in total. The van der Waals surface area contributed by atoms with Crippen molar-refractivity contribution in [3.8, 4) is 28.7 Å². The van der Waals surface area contributed by atoms with Crippen molar-refractivity contribution in [2.24, 2.45) is 4.99 Å². The summed E-state index contributed by atoms with van der Waals surface area (Å²) in [5, 5.41) is 6.32. The summed E-state index contributed by atoms with van der Waals surface area (Å²) in [6.45, 7) is 0.995. The van der Waals surface area contributed by atoms with Gasteiger partial charge in [0.1, 0.15) is 23.6 Å². The van der Waals surface area contributed by atoms with Gasteiger partial charge in [-0.15, -0.1) is 18.3 Å². The normalized spacial score (nSPS) is 14.5. The van der Waals surface area contributed by atoms with Gasteiger partial charge < -0.3 is 14.8 Å². The third-order valence-electron chi connectivity index (χ3n) is 6.11.